The maximum atomic E-state index is 12.7. The predicted molar refractivity (Wildman–Crippen MR) is 120 cm³/mol. The lowest BCUT2D eigenvalue weighted by molar-refractivity contribution is -0.122. The largest absolute Gasteiger partial charge is 0.507 e. The van der Waals surface area contributed by atoms with Crippen LogP contribution in [0.15, 0.2) is 51.8 Å². The first-order valence-corrected chi connectivity index (χ1v) is 10.5. The molecule has 0 aliphatic carbocycles. The van der Waals surface area contributed by atoms with E-state index in [2.05, 4.69) is 21.2 Å². The Bertz CT molecular complexity index is 991. The summed E-state index contributed by atoms with van der Waals surface area (Å²) in [6, 6.07) is 12.5. The quantitative estimate of drug-likeness (QED) is 0.483. The summed E-state index contributed by atoms with van der Waals surface area (Å²) in [5.41, 5.74) is 2.24. The Labute approximate surface area is 180 Å². The van der Waals surface area contributed by atoms with Gasteiger partial charge in [0.25, 0.3) is 5.91 Å². The Morgan fingerprint density at radius 2 is 2.07 bits per heavy atom. The molecule has 2 aromatic rings. The highest BCUT2D eigenvalue weighted by Gasteiger charge is 2.32. The van der Waals surface area contributed by atoms with Gasteiger partial charge in [-0.1, -0.05) is 58.1 Å². The molecule has 5 nitrogen and oxygen atoms in total. The van der Waals surface area contributed by atoms with Crippen molar-refractivity contribution in [3.8, 4) is 5.75 Å². The van der Waals surface area contributed by atoms with E-state index in [0.717, 1.165) is 27.5 Å². The van der Waals surface area contributed by atoms with E-state index in [1.54, 1.807) is 24.3 Å². The molecule has 0 aromatic heterocycles. The highest BCUT2D eigenvalue weighted by molar-refractivity contribution is 9.10. The molecular formula is C20H17BrN2O3S2. The third-order valence-corrected chi connectivity index (χ3v) is 6.00. The van der Waals surface area contributed by atoms with Crippen molar-refractivity contribution in [2.45, 2.75) is 13.3 Å². The average molecular weight is 477 g/mol. The number of carbonyl (C=O) groups is 2. The van der Waals surface area contributed by atoms with E-state index in [0.29, 0.717) is 14.8 Å². The number of phenols is 1. The van der Waals surface area contributed by atoms with Crippen molar-refractivity contribution >= 4 is 67.8 Å². The molecule has 2 aromatic carbocycles. The smallest absolute Gasteiger partial charge is 0.266 e. The summed E-state index contributed by atoms with van der Waals surface area (Å²) in [4.78, 5) is 26.7. The zero-order chi connectivity index (χ0) is 20.3. The van der Waals surface area contributed by atoms with E-state index >= 15 is 0 Å². The van der Waals surface area contributed by atoms with E-state index in [-0.39, 0.29) is 30.5 Å². The lowest BCUT2D eigenvalue weighted by atomic mass is 10.2. The first kappa shape index (κ1) is 20.6. The molecule has 0 radical (unpaired) electrons. The van der Waals surface area contributed by atoms with Crippen molar-refractivity contribution in [2.75, 3.05) is 11.9 Å². The van der Waals surface area contributed by atoms with Crippen molar-refractivity contribution in [2.24, 2.45) is 0 Å². The molecule has 0 bridgehead atoms. The number of phenolic OH excluding ortho intramolecular Hbond substituents is 1. The highest BCUT2D eigenvalue weighted by Crippen LogP contribution is 2.34. The molecule has 1 heterocycles. The van der Waals surface area contributed by atoms with Crippen LogP contribution in [0.1, 0.15) is 17.5 Å². The normalized spacial score (nSPS) is 15.4. The van der Waals surface area contributed by atoms with Gasteiger partial charge in [-0.25, -0.2) is 0 Å². The fourth-order valence-electron chi connectivity index (χ4n) is 2.61. The minimum Gasteiger partial charge on any atom is -0.507 e. The van der Waals surface area contributed by atoms with Crippen LogP contribution in [-0.4, -0.2) is 32.7 Å². The Hall–Kier alpha value is -2.16. The van der Waals surface area contributed by atoms with E-state index < -0.39 is 0 Å². The summed E-state index contributed by atoms with van der Waals surface area (Å²) in [5, 5.41) is 12.8. The molecule has 2 N–H and O–H groups in total. The van der Waals surface area contributed by atoms with Gasteiger partial charge < -0.3 is 10.4 Å². The van der Waals surface area contributed by atoms with Crippen LogP contribution in [0, 0.1) is 6.92 Å². The van der Waals surface area contributed by atoms with Crippen molar-refractivity contribution in [1.82, 2.24) is 4.90 Å². The molecule has 1 aliphatic rings. The topological polar surface area (TPSA) is 69.6 Å². The lowest BCUT2D eigenvalue weighted by Crippen LogP contribution is -2.31. The van der Waals surface area contributed by atoms with Crippen molar-refractivity contribution in [1.29, 1.82) is 0 Å². The number of aryl methyl sites for hydroxylation is 1. The lowest BCUT2D eigenvalue weighted by Gasteiger charge is -2.14. The molecule has 1 saturated heterocycles. The second-order valence-electron chi connectivity index (χ2n) is 6.15. The number of halogens is 1. The Balaban J connectivity index is 1.65. The van der Waals surface area contributed by atoms with Crippen LogP contribution in [0.4, 0.5) is 5.69 Å². The molecule has 0 spiro atoms. The third-order valence-electron chi connectivity index (χ3n) is 4.13. The molecule has 2 amide bonds. The van der Waals surface area contributed by atoms with Gasteiger partial charge >= 0.3 is 0 Å². The monoisotopic (exact) mass is 476 g/mol. The van der Waals surface area contributed by atoms with Gasteiger partial charge in [-0.3, -0.25) is 14.5 Å². The molecule has 3 rings (SSSR count). The molecule has 28 heavy (non-hydrogen) atoms. The molecule has 144 valence electrons. The number of amides is 2. The summed E-state index contributed by atoms with van der Waals surface area (Å²) in [5.74, 6) is -0.374. The van der Waals surface area contributed by atoms with Gasteiger partial charge in [0.15, 0.2) is 0 Å². The summed E-state index contributed by atoms with van der Waals surface area (Å²) >= 11 is 9.80. The molecular weight excluding hydrogens is 460 g/mol. The SMILES string of the molecule is Cc1ccccc1NC(=O)CCN1C(=O)/C(=C/c2cc(Br)ccc2O)SC1=S. The maximum Gasteiger partial charge on any atom is 0.266 e. The third kappa shape index (κ3) is 4.81. The van der Waals surface area contributed by atoms with Crippen LogP contribution in [0.3, 0.4) is 0 Å². The number of carbonyl (C=O) groups excluding carboxylic acids is 2. The summed E-state index contributed by atoms with van der Waals surface area (Å²) in [6.45, 7) is 2.12. The van der Waals surface area contributed by atoms with Crippen LogP contribution < -0.4 is 5.32 Å². The van der Waals surface area contributed by atoms with E-state index in [9.17, 15) is 14.7 Å². The molecule has 8 heteroatoms. The molecule has 1 aliphatic heterocycles. The van der Waals surface area contributed by atoms with E-state index in [4.69, 9.17) is 12.2 Å². The van der Waals surface area contributed by atoms with Crippen molar-refractivity contribution in [3.63, 3.8) is 0 Å². The zero-order valence-corrected chi connectivity index (χ0v) is 18.2. The number of benzene rings is 2. The number of thiocarbonyl (C=S) groups is 1. The Kier molecular flexibility index (Phi) is 6.53. The van der Waals surface area contributed by atoms with Gasteiger partial charge in [0.2, 0.25) is 5.91 Å². The molecule has 0 atom stereocenters. The summed E-state index contributed by atoms with van der Waals surface area (Å²) in [7, 11) is 0. The number of aromatic hydroxyl groups is 1. The maximum absolute atomic E-state index is 12.7. The van der Waals surface area contributed by atoms with Crippen molar-refractivity contribution in [3.05, 3.63) is 63.0 Å². The van der Waals surface area contributed by atoms with Gasteiger partial charge in [0.1, 0.15) is 10.1 Å². The number of para-hydroxylation sites is 1. The zero-order valence-electron chi connectivity index (χ0n) is 14.9. The van der Waals surface area contributed by atoms with Gasteiger partial charge in [0.05, 0.1) is 4.91 Å². The number of nitrogens with zero attached hydrogens (tertiary/aromatic N) is 1. The molecule has 0 unspecified atom stereocenters. The summed E-state index contributed by atoms with van der Waals surface area (Å²) in [6.07, 6.45) is 1.74. The second kappa shape index (κ2) is 8.89. The van der Waals surface area contributed by atoms with E-state index in [1.807, 2.05) is 31.2 Å². The number of hydrogen-bond acceptors (Lipinski definition) is 5. The minimum atomic E-state index is -0.266. The molecule has 1 fully saturated rings. The minimum absolute atomic E-state index is 0.0751. The Morgan fingerprint density at radius 3 is 2.82 bits per heavy atom. The summed E-state index contributed by atoms with van der Waals surface area (Å²) < 4.78 is 1.19. The number of thioether (sulfide) groups is 1. The standard InChI is InChI=1S/C20H17BrN2O3S2/c1-12-4-2-3-5-15(12)22-18(25)8-9-23-19(26)17(28-20(23)27)11-13-10-14(21)6-7-16(13)24/h2-7,10-11,24H,8-9H2,1H3,(H,22,25)/b17-11-. The van der Waals surface area contributed by atoms with Gasteiger partial charge in [-0.15, -0.1) is 0 Å². The molecule has 0 saturated carbocycles. The highest BCUT2D eigenvalue weighted by atomic mass is 79.9. The second-order valence-corrected chi connectivity index (χ2v) is 8.74. The van der Waals surface area contributed by atoms with Crippen LogP contribution in [0.2, 0.25) is 0 Å². The number of anilines is 1. The average Bonchev–Trinajstić information content (AvgIpc) is 2.91. The first-order chi connectivity index (χ1) is 13.3. The number of nitrogens with one attached hydrogen (secondary N) is 1. The van der Waals surface area contributed by atoms with E-state index in [1.165, 1.54) is 4.90 Å². The van der Waals surface area contributed by atoms with Crippen LogP contribution >= 0.6 is 39.9 Å². The van der Waals surface area contributed by atoms with Gasteiger partial charge in [-0.2, -0.15) is 0 Å². The Morgan fingerprint density at radius 1 is 1.32 bits per heavy atom. The number of hydrogen-bond donors (Lipinski definition) is 2. The van der Waals surface area contributed by atoms with Gasteiger partial charge in [0, 0.05) is 28.7 Å². The van der Waals surface area contributed by atoms with Crippen molar-refractivity contribution < 1.29 is 14.7 Å². The van der Waals surface area contributed by atoms with Crippen LogP contribution in [-0.2, 0) is 9.59 Å². The fraction of sp³-hybridized carbons (Fsp3) is 0.150. The van der Waals surface area contributed by atoms with Gasteiger partial charge in [-0.05, 0) is 42.8 Å². The number of rotatable bonds is 5. The predicted octanol–water partition coefficient (Wildman–Crippen LogP) is 4.69. The van der Waals surface area contributed by atoms with Crippen LogP contribution in [0.25, 0.3) is 6.08 Å². The first-order valence-electron chi connectivity index (χ1n) is 8.44. The fourth-order valence-corrected chi connectivity index (χ4v) is 4.29. The van der Waals surface area contributed by atoms with Crippen LogP contribution in [0.5, 0.6) is 5.75 Å².